The van der Waals surface area contributed by atoms with E-state index in [1.54, 1.807) is 0 Å². The number of hydrogen-bond acceptors (Lipinski definition) is 3. The first-order valence-corrected chi connectivity index (χ1v) is 14.6. The van der Waals surface area contributed by atoms with Crippen LogP contribution in [0.2, 0.25) is 0 Å². The number of likely N-dealkylation sites (tertiary alicyclic amines) is 1. The SMILES string of the molecule is Cc1nc2ccc(-c3ccc4c(c3)CC(C)C(CC(=O)N3CCC(Cc5ccccc5)CC3)CCO4)cc2[nH]1. The number of aryl methyl sites for hydroxylation is 1. The molecule has 202 valence electrons. The van der Waals surface area contributed by atoms with Crippen molar-refractivity contribution < 1.29 is 9.53 Å². The molecule has 4 aromatic rings. The van der Waals surface area contributed by atoms with Gasteiger partial charge in [-0.3, -0.25) is 4.79 Å². The average Bonchev–Trinajstić information content (AvgIpc) is 3.32. The van der Waals surface area contributed by atoms with Crippen LogP contribution in [-0.2, 0) is 17.6 Å². The van der Waals surface area contributed by atoms with Gasteiger partial charge in [0.15, 0.2) is 0 Å². The van der Waals surface area contributed by atoms with E-state index in [-0.39, 0.29) is 0 Å². The van der Waals surface area contributed by atoms with E-state index in [1.807, 2.05) is 6.92 Å². The van der Waals surface area contributed by atoms with E-state index in [1.165, 1.54) is 22.3 Å². The number of imidazole rings is 1. The molecule has 2 atom stereocenters. The number of carbonyl (C=O) groups excluding carboxylic acids is 1. The molecule has 3 aromatic carbocycles. The number of hydrogen-bond donors (Lipinski definition) is 1. The molecule has 5 heteroatoms. The van der Waals surface area contributed by atoms with Gasteiger partial charge < -0.3 is 14.6 Å². The van der Waals surface area contributed by atoms with Crippen molar-refractivity contribution in [3.8, 4) is 16.9 Å². The second kappa shape index (κ2) is 11.3. The van der Waals surface area contributed by atoms with Crippen LogP contribution in [0.15, 0.2) is 66.7 Å². The maximum absolute atomic E-state index is 13.3. The Morgan fingerprint density at radius 1 is 1.00 bits per heavy atom. The van der Waals surface area contributed by atoms with Crippen LogP contribution in [0.4, 0.5) is 0 Å². The minimum absolute atomic E-state index is 0.322. The predicted molar refractivity (Wildman–Crippen MR) is 157 cm³/mol. The van der Waals surface area contributed by atoms with E-state index >= 15 is 0 Å². The van der Waals surface area contributed by atoms with E-state index in [0.717, 1.165) is 67.8 Å². The molecular weight excluding hydrogens is 482 g/mol. The monoisotopic (exact) mass is 521 g/mol. The number of piperidine rings is 1. The topological polar surface area (TPSA) is 58.2 Å². The number of amides is 1. The second-order valence-corrected chi connectivity index (χ2v) is 11.7. The zero-order valence-electron chi connectivity index (χ0n) is 23.2. The van der Waals surface area contributed by atoms with Crippen LogP contribution < -0.4 is 4.74 Å². The van der Waals surface area contributed by atoms with Gasteiger partial charge in [-0.25, -0.2) is 4.98 Å². The number of aromatic nitrogens is 2. The van der Waals surface area contributed by atoms with Gasteiger partial charge in [-0.2, -0.15) is 0 Å². The molecule has 0 radical (unpaired) electrons. The second-order valence-electron chi connectivity index (χ2n) is 11.7. The van der Waals surface area contributed by atoms with E-state index in [9.17, 15) is 4.79 Å². The van der Waals surface area contributed by atoms with Crippen molar-refractivity contribution in [1.29, 1.82) is 0 Å². The summed E-state index contributed by atoms with van der Waals surface area (Å²) in [5.41, 5.74) is 7.05. The van der Waals surface area contributed by atoms with Gasteiger partial charge in [-0.15, -0.1) is 0 Å². The number of fused-ring (bicyclic) bond motifs is 2. The molecule has 0 aliphatic carbocycles. The molecule has 2 unspecified atom stereocenters. The predicted octanol–water partition coefficient (Wildman–Crippen LogP) is 6.99. The number of rotatable bonds is 5. The number of carbonyl (C=O) groups is 1. The largest absolute Gasteiger partial charge is 0.493 e. The Morgan fingerprint density at radius 2 is 1.77 bits per heavy atom. The van der Waals surface area contributed by atoms with Crippen molar-refractivity contribution in [2.24, 2.45) is 17.8 Å². The molecule has 0 bridgehead atoms. The summed E-state index contributed by atoms with van der Waals surface area (Å²) in [4.78, 5) is 23.3. The Balaban J connectivity index is 1.08. The van der Waals surface area contributed by atoms with Crippen molar-refractivity contribution in [3.63, 3.8) is 0 Å². The molecule has 1 N–H and O–H groups in total. The van der Waals surface area contributed by atoms with Crippen LogP contribution in [-0.4, -0.2) is 40.5 Å². The van der Waals surface area contributed by atoms with E-state index < -0.39 is 0 Å². The molecule has 0 saturated carbocycles. The number of nitrogens with zero attached hydrogens (tertiary/aromatic N) is 2. The maximum atomic E-state index is 13.3. The van der Waals surface area contributed by atoms with Crippen LogP contribution in [0, 0.1) is 24.7 Å². The smallest absolute Gasteiger partial charge is 0.222 e. The molecule has 39 heavy (non-hydrogen) atoms. The summed E-state index contributed by atoms with van der Waals surface area (Å²) < 4.78 is 6.23. The lowest BCUT2D eigenvalue weighted by Crippen LogP contribution is -2.40. The van der Waals surface area contributed by atoms with Gasteiger partial charge in [0.05, 0.1) is 17.6 Å². The Morgan fingerprint density at radius 3 is 2.59 bits per heavy atom. The van der Waals surface area contributed by atoms with Gasteiger partial charge in [-0.1, -0.05) is 49.4 Å². The van der Waals surface area contributed by atoms with Gasteiger partial charge in [0.1, 0.15) is 11.6 Å². The summed E-state index contributed by atoms with van der Waals surface area (Å²) in [6.45, 7) is 6.73. The average molecular weight is 522 g/mol. The Hall–Kier alpha value is -3.60. The van der Waals surface area contributed by atoms with E-state index in [2.05, 4.69) is 88.5 Å². The number of H-pyrrole nitrogens is 1. The van der Waals surface area contributed by atoms with Crippen LogP contribution >= 0.6 is 0 Å². The molecule has 1 amide bonds. The summed E-state index contributed by atoms with van der Waals surface area (Å²) in [5.74, 6) is 3.66. The summed E-state index contributed by atoms with van der Waals surface area (Å²) in [6, 6.07) is 23.7. The summed E-state index contributed by atoms with van der Waals surface area (Å²) in [7, 11) is 0. The van der Waals surface area contributed by atoms with Crippen molar-refractivity contribution in [2.75, 3.05) is 19.7 Å². The standard InChI is InChI=1S/C34H39N3O2/c1-23-18-30-20-28(29-8-10-31-32(21-29)36-24(2)35-31)9-11-33(30)39-17-14-27(23)22-34(38)37-15-12-26(13-16-37)19-25-6-4-3-5-7-25/h3-11,20-21,23,26-27H,12-19,22H2,1-2H3,(H,35,36). The third-order valence-electron chi connectivity index (χ3n) is 8.86. The van der Waals surface area contributed by atoms with Crippen molar-refractivity contribution >= 4 is 16.9 Å². The maximum Gasteiger partial charge on any atom is 0.222 e. The first-order valence-electron chi connectivity index (χ1n) is 14.6. The summed E-state index contributed by atoms with van der Waals surface area (Å²) >= 11 is 0. The van der Waals surface area contributed by atoms with E-state index in [4.69, 9.17) is 4.74 Å². The lowest BCUT2D eigenvalue weighted by Gasteiger charge is -2.34. The molecule has 2 aliphatic heterocycles. The van der Waals surface area contributed by atoms with Gasteiger partial charge in [-0.05, 0) is 103 Å². The molecule has 5 nitrogen and oxygen atoms in total. The van der Waals surface area contributed by atoms with E-state index in [0.29, 0.717) is 36.7 Å². The van der Waals surface area contributed by atoms with Crippen LogP contribution in [0.1, 0.15) is 49.6 Å². The number of nitrogens with one attached hydrogen (secondary N) is 1. The van der Waals surface area contributed by atoms with Gasteiger partial charge in [0.25, 0.3) is 0 Å². The minimum Gasteiger partial charge on any atom is -0.493 e. The fraction of sp³-hybridized carbons (Fsp3) is 0.412. The van der Waals surface area contributed by atoms with Crippen molar-refractivity contribution in [1.82, 2.24) is 14.9 Å². The molecule has 3 heterocycles. The number of aromatic amines is 1. The Kier molecular flexibility index (Phi) is 7.40. The fourth-order valence-corrected chi connectivity index (χ4v) is 6.48. The van der Waals surface area contributed by atoms with Gasteiger partial charge in [0.2, 0.25) is 5.91 Å². The highest BCUT2D eigenvalue weighted by atomic mass is 16.5. The lowest BCUT2D eigenvalue weighted by molar-refractivity contribution is -0.134. The van der Waals surface area contributed by atoms with Crippen LogP contribution in [0.3, 0.4) is 0 Å². The Labute approximate surface area is 231 Å². The highest BCUT2D eigenvalue weighted by molar-refractivity contribution is 5.82. The third kappa shape index (κ3) is 5.88. The lowest BCUT2D eigenvalue weighted by atomic mass is 9.82. The summed E-state index contributed by atoms with van der Waals surface area (Å²) in [6.07, 6.45) is 5.80. The number of benzene rings is 3. The molecule has 1 saturated heterocycles. The first-order chi connectivity index (χ1) is 19.0. The molecule has 6 rings (SSSR count). The van der Waals surface area contributed by atoms with Crippen molar-refractivity contribution in [3.05, 3.63) is 83.7 Å². The summed E-state index contributed by atoms with van der Waals surface area (Å²) in [5, 5.41) is 0. The zero-order valence-corrected chi connectivity index (χ0v) is 23.2. The molecule has 2 aliphatic rings. The van der Waals surface area contributed by atoms with Crippen LogP contribution in [0.5, 0.6) is 5.75 Å². The third-order valence-corrected chi connectivity index (χ3v) is 8.86. The highest BCUT2D eigenvalue weighted by Gasteiger charge is 2.29. The van der Waals surface area contributed by atoms with Crippen molar-refractivity contribution in [2.45, 2.75) is 52.4 Å². The zero-order chi connectivity index (χ0) is 26.8. The Bertz CT molecular complexity index is 1440. The fourth-order valence-electron chi connectivity index (χ4n) is 6.48. The van der Waals surface area contributed by atoms with Gasteiger partial charge in [0, 0.05) is 19.5 Å². The molecular formula is C34H39N3O2. The first kappa shape index (κ1) is 25.7. The molecule has 1 aromatic heterocycles. The van der Waals surface area contributed by atoms with Crippen LogP contribution in [0.25, 0.3) is 22.2 Å². The molecule has 1 fully saturated rings. The minimum atomic E-state index is 0.322. The highest BCUT2D eigenvalue weighted by Crippen LogP contribution is 2.35. The number of ether oxygens (including phenoxy) is 1. The molecule has 0 spiro atoms. The normalized spacial score (nSPS) is 20.2. The quantitative estimate of drug-likeness (QED) is 0.308. The van der Waals surface area contributed by atoms with Gasteiger partial charge >= 0.3 is 0 Å².